The minimum absolute atomic E-state index is 0.953. The van der Waals surface area contributed by atoms with E-state index in [0.29, 0.717) is 0 Å². The topological polar surface area (TPSA) is 30.9 Å². The Kier molecular flexibility index (Phi) is 2.92. The second-order valence-electron chi connectivity index (χ2n) is 2.18. The molecule has 0 atom stereocenters. The van der Waals surface area contributed by atoms with Gasteiger partial charge in [-0.2, -0.15) is 5.01 Å². The van der Waals surface area contributed by atoms with Crippen molar-refractivity contribution in [2.24, 2.45) is 5.10 Å². The summed E-state index contributed by atoms with van der Waals surface area (Å²) >= 11 is 0. The molecule has 0 saturated carbocycles. The molecule has 1 heterocycles. The van der Waals surface area contributed by atoms with Gasteiger partial charge in [0.1, 0.15) is 0 Å². The normalized spacial score (nSPS) is 15.7. The lowest BCUT2D eigenvalue weighted by Gasteiger charge is -2.30. The summed E-state index contributed by atoms with van der Waals surface area (Å²) < 4.78 is 0. The third-order valence-electron chi connectivity index (χ3n) is 1.55. The van der Waals surface area contributed by atoms with Crippen LogP contribution in [0.5, 0.6) is 0 Å². The van der Waals surface area contributed by atoms with E-state index in [2.05, 4.69) is 29.4 Å². The number of hydrazone groups is 1. The molecule has 11 heavy (non-hydrogen) atoms. The molecule has 1 aliphatic heterocycles. The van der Waals surface area contributed by atoms with Crippen molar-refractivity contribution in [1.29, 1.82) is 0 Å². The van der Waals surface area contributed by atoms with Crippen molar-refractivity contribution in [1.82, 2.24) is 15.7 Å². The lowest BCUT2D eigenvalue weighted by molar-refractivity contribution is -0.0482. The highest BCUT2D eigenvalue weighted by Gasteiger charge is 2.07. The molecule has 0 unspecified atom stereocenters. The Morgan fingerprint density at radius 2 is 2.18 bits per heavy atom. The molecule has 1 N–H and O–H groups in total. The Bertz CT molecular complexity index is 160. The quantitative estimate of drug-likeness (QED) is 0.644. The standard InChI is InChI=1S/C7H14N4/c1-3-10(4-2)11-8-6-5-7-9-11/h5-8H,3-4H2,1-2H3. The summed E-state index contributed by atoms with van der Waals surface area (Å²) in [6.45, 7) is 6.10. The van der Waals surface area contributed by atoms with Crippen molar-refractivity contribution in [3.8, 4) is 0 Å². The molecular formula is C7H14N4. The van der Waals surface area contributed by atoms with Crippen LogP contribution in [0.3, 0.4) is 0 Å². The van der Waals surface area contributed by atoms with Crippen LogP contribution in [0.25, 0.3) is 0 Å². The first kappa shape index (κ1) is 8.07. The molecule has 1 aliphatic rings. The van der Waals surface area contributed by atoms with E-state index in [1.165, 1.54) is 0 Å². The molecule has 0 aliphatic carbocycles. The highest BCUT2D eigenvalue weighted by atomic mass is 15.9. The number of rotatable bonds is 3. The van der Waals surface area contributed by atoms with Crippen LogP contribution < -0.4 is 5.43 Å². The van der Waals surface area contributed by atoms with Gasteiger partial charge in [-0.3, -0.25) is 5.43 Å². The molecule has 4 nitrogen and oxygen atoms in total. The molecule has 62 valence electrons. The summed E-state index contributed by atoms with van der Waals surface area (Å²) in [5, 5.41) is 7.93. The molecule has 4 heteroatoms. The van der Waals surface area contributed by atoms with Gasteiger partial charge in [-0.1, -0.05) is 13.8 Å². The molecule has 0 aromatic heterocycles. The van der Waals surface area contributed by atoms with Crippen molar-refractivity contribution < 1.29 is 0 Å². The number of allylic oxidation sites excluding steroid dienone is 1. The van der Waals surface area contributed by atoms with E-state index in [1.807, 2.05) is 12.3 Å². The van der Waals surface area contributed by atoms with Gasteiger partial charge in [-0.05, 0) is 6.08 Å². The van der Waals surface area contributed by atoms with E-state index in [4.69, 9.17) is 0 Å². The lowest BCUT2D eigenvalue weighted by atomic mass is 10.6. The summed E-state index contributed by atoms with van der Waals surface area (Å²) in [7, 11) is 0. The molecule has 0 bridgehead atoms. The van der Waals surface area contributed by atoms with Crippen molar-refractivity contribution in [3.63, 3.8) is 0 Å². The fraction of sp³-hybridized carbons (Fsp3) is 0.571. The third-order valence-corrected chi connectivity index (χ3v) is 1.55. The highest BCUT2D eigenvalue weighted by Crippen LogP contribution is 1.96. The second kappa shape index (κ2) is 3.98. The van der Waals surface area contributed by atoms with Crippen LogP contribution in [-0.4, -0.2) is 29.5 Å². The minimum Gasteiger partial charge on any atom is -0.274 e. The zero-order valence-electron chi connectivity index (χ0n) is 6.99. The summed E-state index contributed by atoms with van der Waals surface area (Å²) in [4.78, 5) is 0. The van der Waals surface area contributed by atoms with Crippen LogP contribution in [0.4, 0.5) is 0 Å². The molecule has 0 amide bonds. The Labute approximate surface area is 67.1 Å². The maximum atomic E-state index is 4.11. The number of hydrogen-bond acceptors (Lipinski definition) is 4. The number of hydrazine groups is 2. The predicted molar refractivity (Wildman–Crippen MR) is 45.5 cm³/mol. The first-order valence-corrected chi connectivity index (χ1v) is 3.88. The van der Waals surface area contributed by atoms with Gasteiger partial charge in [0.15, 0.2) is 0 Å². The van der Waals surface area contributed by atoms with Gasteiger partial charge in [0.25, 0.3) is 0 Å². The largest absolute Gasteiger partial charge is 0.274 e. The van der Waals surface area contributed by atoms with Crippen molar-refractivity contribution in [3.05, 3.63) is 12.3 Å². The number of nitrogens with one attached hydrogen (secondary N) is 1. The summed E-state index contributed by atoms with van der Waals surface area (Å²) in [6.07, 6.45) is 5.47. The van der Waals surface area contributed by atoms with Crippen LogP contribution in [0.1, 0.15) is 13.8 Å². The van der Waals surface area contributed by atoms with Crippen LogP contribution >= 0.6 is 0 Å². The van der Waals surface area contributed by atoms with Gasteiger partial charge in [0, 0.05) is 19.3 Å². The van der Waals surface area contributed by atoms with E-state index in [1.54, 1.807) is 11.4 Å². The third kappa shape index (κ3) is 1.94. The fourth-order valence-electron chi connectivity index (χ4n) is 0.934. The van der Waals surface area contributed by atoms with Gasteiger partial charge in [0.2, 0.25) is 0 Å². The fourth-order valence-corrected chi connectivity index (χ4v) is 0.934. The van der Waals surface area contributed by atoms with Gasteiger partial charge < -0.3 is 0 Å². The molecule has 0 fully saturated rings. The van der Waals surface area contributed by atoms with Crippen molar-refractivity contribution in [2.45, 2.75) is 13.8 Å². The first-order chi connectivity index (χ1) is 5.38. The highest BCUT2D eigenvalue weighted by molar-refractivity contribution is 5.70. The molecule has 1 rings (SSSR count). The summed E-state index contributed by atoms with van der Waals surface area (Å²) in [5.41, 5.74) is 3.00. The molecule has 0 aromatic rings. The van der Waals surface area contributed by atoms with Crippen molar-refractivity contribution >= 4 is 6.21 Å². The average molecular weight is 154 g/mol. The smallest absolute Gasteiger partial charge is 0.0522 e. The molecule has 0 saturated heterocycles. The monoisotopic (exact) mass is 154 g/mol. The van der Waals surface area contributed by atoms with Crippen molar-refractivity contribution in [2.75, 3.05) is 13.1 Å². The molecule has 0 aromatic carbocycles. The Hall–Kier alpha value is -1.03. The van der Waals surface area contributed by atoms with Gasteiger partial charge in [-0.15, -0.1) is 10.3 Å². The Morgan fingerprint density at radius 1 is 1.45 bits per heavy atom. The minimum atomic E-state index is 0.953. The van der Waals surface area contributed by atoms with Gasteiger partial charge in [0.05, 0.1) is 6.21 Å². The second-order valence-corrected chi connectivity index (χ2v) is 2.18. The van der Waals surface area contributed by atoms with E-state index >= 15 is 0 Å². The van der Waals surface area contributed by atoms with Crippen LogP contribution in [0.15, 0.2) is 17.4 Å². The molecular weight excluding hydrogens is 140 g/mol. The zero-order chi connectivity index (χ0) is 8.10. The summed E-state index contributed by atoms with van der Waals surface area (Å²) in [5.74, 6) is 0. The SMILES string of the molecule is CCN(CC)N1N=CC=CN1. The van der Waals surface area contributed by atoms with Gasteiger partial charge in [-0.25, -0.2) is 0 Å². The predicted octanol–water partition coefficient (Wildman–Crippen LogP) is 0.563. The lowest BCUT2D eigenvalue weighted by Crippen LogP contribution is -2.46. The van der Waals surface area contributed by atoms with Crippen LogP contribution in [0, 0.1) is 0 Å². The molecule has 0 radical (unpaired) electrons. The van der Waals surface area contributed by atoms with Crippen LogP contribution in [0.2, 0.25) is 0 Å². The summed E-state index contributed by atoms with van der Waals surface area (Å²) in [6, 6.07) is 0. The maximum Gasteiger partial charge on any atom is 0.0522 e. The maximum absolute atomic E-state index is 4.11. The number of nitrogens with zero attached hydrogens (tertiary/aromatic N) is 3. The Balaban J connectivity index is 2.45. The number of hydrogen-bond donors (Lipinski definition) is 1. The van der Waals surface area contributed by atoms with E-state index < -0.39 is 0 Å². The molecule has 0 spiro atoms. The van der Waals surface area contributed by atoms with E-state index in [-0.39, 0.29) is 0 Å². The Morgan fingerprint density at radius 3 is 2.64 bits per heavy atom. The van der Waals surface area contributed by atoms with Gasteiger partial charge >= 0.3 is 0 Å². The van der Waals surface area contributed by atoms with Crippen LogP contribution in [-0.2, 0) is 0 Å². The van der Waals surface area contributed by atoms with E-state index in [9.17, 15) is 0 Å². The van der Waals surface area contributed by atoms with E-state index in [0.717, 1.165) is 13.1 Å². The average Bonchev–Trinajstić information content (AvgIpc) is 2.09. The first-order valence-electron chi connectivity index (χ1n) is 3.88. The zero-order valence-corrected chi connectivity index (χ0v) is 6.99.